The Morgan fingerprint density at radius 2 is 2.22 bits per heavy atom. The Morgan fingerprint density at radius 1 is 1.44 bits per heavy atom. The van der Waals surface area contributed by atoms with Gasteiger partial charge in [-0.05, 0) is 25.0 Å². The molecule has 1 unspecified atom stereocenters. The molecular weight excluding hydrogens is 230 g/mol. The fourth-order valence-corrected chi connectivity index (χ4v) is 1.49. The second-order valence-corrected chi connectivity index (χ2v) is 4.16. The van der Waals surface area contributed by atoms with Gasteiger partial charge in [0.15, 0.2) is 0 Å². The number of aliphatic hydroxyl groups is 1. The zero-order chi connectivity index (χ0) is 13.4. The molecule has 0 radical (unpaired) electrons. The highest BCUT2D eigenvalue weighted by Crippen LogP contribution is 2.11. The van der Waals surface area contributed by atoms with Crippen LogP contribution < -0.4 is 10.6 Å². The molecule has 0 fully saturated rings. The van der Waals surface area contributed by atoms with E-state index in [0.29, 0.717) is 17.9 Å². The quantitative estimate of drug-likeness (QED) is 0.693. The van der Waals surface area contributed by atoms with Crippen molar-refractivity contribution in [2.45, 2.75) is 39.2 Å². The van der Waals surface area contributed by atoms with Crippen molar-refractivity contribution in [1.29, 1.82) is 0 Å². The van der Waals surface area contributed by atoms with Crippen LogP contribution >= 0.6 is 0 Å². The van der Waals surface area contributed by atoms with Gasteiger partial charge in [0.2, 0.25) is 5.91 Å². The van der Waals surface area contributed by atoms with Gasteiger partial charge < -0.3 is 15.7 Å². The maximum absolute atomic E-state index is 11.4. The summed E-state index contributed by atoms with van der Waals surface area (Å²) in [5.41, 5.74) is 0.691. The highest BCUT2D eigenvalue weighted by molar-refractivity contribution is 5.90. The molecule has 0 bridgehead atoms. The van der Waals surface area contributed by atoms with Crippen molar-refractivity contribution < 1.29 is 9.90 Å². The highest BCUT2D eigenvalue weighted by atomic mass is 16.3. The van der Waals surface area contributed by atoms with E-state index >= 15 is 0 Å². The predicted octanol–water partition coefficient (Wildman–Crippen LogP) is 2.00. The Labute approximate surface area is 108 Å². The minimum Gasteiger partial charge on any atom is -0.394 e. The highest BCUT2D eigenvalue weighted by Gasteiger charge is 2.05. The first-order valence-electron chi connectivity index (χ1n) is 6.32. The van der Waals surface area contributed by atoms with Crippen LogP contribution in [-0.4, -0.2) is 28.6 Å². The van der Waals surface area contributed by atoms with Crippen molar-refractivity contribution in [2.75, 3.05) is 17.2 Å². The van der Waals surface area contributed by atoms with Crippen LogP contribution in [0.15, 0.2) is 18.3 Å². The number of hydrogen-bond acceptors (Lipinski definition) is 4. The van der Waals surface area contributed by atoms with E-state index in [9.17, 15) is 4.79 Å². The summed E-state index contributed by atoms with van der Waals surface area (Å²) in [5.74, 6) is 0.700. The number of carbonyl (C=O) groups is 1. The molecule has 5 nitrogen and oxygen atoms in total. The van der Waals surface area contributed by atoms with Crippen LogP contribution in [0.5, 0.6) is 0 Å². The Kier molecular flexibility index (Phi) is 6.14. The molecule has 18 heavy (non-hydrogen) atoms. The lowest BCUT2D eigenvalue weighted by Crippen LogP contribution is -2.23. The fraction of sp³-hybridized carbons (Fsp3) is 0.538. The number of aliphatic hydroxyl groups excluding tert-OH is 1. The predicted molar refractivity (Wildman–Crippen MR) is 72.6 cm³/mol. The van der Waals surface area contributed by atoms with E-state index in [1.807, 2.05) is 13.8 Å². The third-order valence-electron chi connectivity index (χ3n) is 2.59. The largest absolute Gasteiger partial charge is 0.394 e. The van der Waals surface area contributed by atoms with Crippen molar-refractivity contribution in [1.82, 2.24) is 4.98 Å². The maximum atomic E-state index is 11.4. The summed E-state index contributed by atoms with van der Waals surface area (Å²) in [6, 6.07) is 3.60. The van der Waals surface area contributed by atoms with E-state index in [1.165, 1.54) is 0 Å². The summed E-state index contributed by atoms with van der Waals surface area (Å²) in [7, 11) is 0. The topological polar surface area (TPSA) is 74.2 Å². The lowest BCUT2D eigenvalue weighted by Gasteiger charge is -2.14. The van der Waals surface area contributed by atoms with E-state index in [1.54, 1.807) is 18.3 Å². The number of amides is 1. The molecule has 1 rings (SSSR count). The molecule has 1 atom stereocenters. The van der Waals surface area contributed by atoms with Crippen molar-refractivity contribution in [3.8, 4) is 0 Å². The van der Waals surface area contributed by atoms with Crippen molar-refractivity contribution in [3.05, 3.63) is 18.3 Å². The van der Waals surface area contributed by atoms with Gasteiger partial charge in [0, 0.05) is 6.42 Å². The summed E-state index contributed by atoms with van der Waals surface area (Å²) in [6.45, 7) is 4.03. The van der Waals surface area contributed by atoms with Crippen LogP contribution in [0.25, 0.3) is 0 Å². The number of nitrogens with one attached hydrogen (secondary N) is 2. The molecule has 1 aromatic heterocycles. The number of carbonyl (C=O) groups excluding carboxylic acids is 1. The molecule has 0 saturated carbocycles. The monoisotopic (exact) mass is 251 g/mol. The molecule has 0 aliphatic heterocycles. The molecule has 0 aliphatic rings. The average Bonchev–Trinajstić information content (AvgIpc) is 2.38. The third-order valence-corrected chi connectivity index (χ3v) is 2.59. The van der Waals surface area contributed by atoms with Gasteiger partial charge >= 0.3 is 0 Å². The van der Waals surface area contributed by atoms with Crippen LogP contribution in [0.1, 0.15) is 33.1 Å². The van der Waals surface area contributed by atoms with Crippen LogP contribution in [0, 0.1) is 0 Å². The van der Waals surface area contributed by atoms with Gasteiger partial charge in [-0.1, -0.05) is 13.8 Å². The SMILES string of the molecule is CCCC(=O)Nc1ccc(NC(CC)CO)nc1. The molecule has 3 N–H and O–H groups in total. The molecule has 1 aromatic rings. The van der Waals surface area contributed by atoms with Crippen LogP contribution in [-0.2, 0) is 4.79 Å². The lowest BCUT2D eigenvalue weighted by molar-refractivity contribution is -0.116. The molecule has 1 heterocycles. The normalized spacial score (nSPS) is 11.9. The standard InChI is InChI=1S/C13H21N3O2/c1-3-5-13(18)16-11-6-7-12(14-8-11)15-10(4-2)9-17/h6-8,10,17H,3-5,9H2,1-2H3,(H,14,15)(H,16,18). The van der Waals surface area contributed by atoms with Gasteiger partial charge in [0.1, 0.15) is 5.82 Å². The fourth-order valence-electron chi connectivity index (χ4n) is 1.49. The van der Waals surface area contributed by atoms with Gasteiger partial charge in [-0.3, -0.25) is 4.79 Å². The first-order chi connectivity index (χ1) is 8.69. The molecule has 100 valence electrons. The summed E-state index contributed by atoms with van der Waals surface area (Å²) < 4.78 is 0. The summed E-state index contributed by atoms with van der Waals surface area (Å²) >= 11 is 0. The third kappa shape index (κ3) is 4.71. The number of anilines is 2. The minimum absolute atomic E-state index is 0.00167. The number of aromatic nitrogens is 1. The molecule has 0 spiro atoms. The Bertz CT molecular complexity index is 361. The summed E-state index contributed by atoms with van der Waals surface area (Å²) in [6.07, 6.45) is 3.78. The molecule has 1 amide bonds. The molecule has 5 heteroatoms. The lowest BCUT2D eigenvalue weighted by atomic mass is 10.2. The Balaban J connectivity index is 2.54. The van der Waals surface area contributed by atoms with Gasteiger partial charge in [-0.2, -0.15) is 0 Å². The molecule has 0 saturated heterocycles. The van der Waals surface area contributed by atoms with E-state index in [2.05, 4.69) is 15.6 Å². The Morgan fingerprint density at radius 3 is 2.72 bits per heavy atom. The summed E-state index contributed by atoms with van der Waals surface area (Å²) in [5, 5.41) is 15.0. The first kappa shape index (κ1) is 14.4. The smallest absolute Gasteiger partial charge is 0.224 e. The minimum atomic E-state index is 0.00167. The molecular formula is C13H21N3O2. The van der Waals surface area contributed by atoms with Gasteiger partial charge in [0.25, 0.3) is 0 Å². The second kappa shape index (κ2) is 7.66. The number of hydrogen-bond donors (Lipinski definition) is 3. The van der Waals surface area contributed by atoms with Gasteiger partial charge in [0.05, 0.1) is 24.5 Å². The first-order valence-corrected chi connectivity index (χ1v) is 6.32. The Hall–Kier alpha value is -1.62. The van der Waals surface area contributed by atoms with Crippen molar-refractivity contribution in [2.24, 2.45) is 0 Å². The number of pyridine rings is 1. The maximum Gasteiger partial charge on any atom is 0.224 e. The van der Waals surface area contributed by atoms with E-state index < -0.39 is 0 Å². The van der Waals surface area contributed by atoms with Crippen LogP contribution in [0.3, 0.4) is 0 Å². The van der Waals surface area contributed by atoms with Crippen LogP contribution in [0.2, 0.25) is 0 Å². The van der Waals surface area contributed by atoms with Gasteiger partial charge in [-0.25, -0.2) is 4.98 Å². The van der Waals surface area contributed by atoms with E-state index in [4.69, 9.17) is 5.11 Å². The molecule has 0 aliphatic carbocycles. The molecule has 0 aromatic carbocycles. The van der Waals surface area contributed by atoms with Crippen LogP contribution in [0.4, 0.5) is 11.5 Å². The summed E-state index contributed by atoms with van der Waals surface area (Å²) in [4.78, 5) is 15.6. The van der Waals surface area contributed by atoms with E-state index in [-0.39, 0.29) is 18.6 Å². The number of nitrogens with zero attached hydrogens (tertiary/aromatic N) is 1. The zero-order valence-electron chi connectivity index (χ0n) is 10.9. The zero-order valence-corrected chi connectivity index (χ0v) is 10.9. The van der Waals surface area contributed by atoms with Gasteiger partial charge in [-0.15, -0.1) is 0 Å². The second-order valence-electron chi connectivity index (χ2n) is 4.16. The van der Waals surface area contributed by atoms with E-state index in [0.717, 1.165) is 12.8 Å². The van der Waals surface area contributed by atoms with Crippen molar-refractivity contribution >= 4 is 17.4 Å². The number of rotatable bonds is 7. The van der Waals surface area contributed by atoms with Crippen molar-refractivity contribution in [3.63, 3.8) is 0 Å². The average molecular weight is 251 g/mol.